The third kappa shape index (κ3) is 8.55. The van der Waals surface area contributed by atoms with Gasteiger partial charge in [0.05, 0.1) is 12.5 Å². The van der Waals surface area contributed by atoms with Gasteiger partial charge in [-0.1, -0.05) is 43.4 Å². The maximum atomic E-state index is 12.6. The van der Waals surface area contributed by atoms with Crippen LogP contribution in [0.4, 0.5) is 11.4 Å². The van der Waals surface area contributed by atoms with Crippen molar-refractivity contribution in [2.45, 2.75) is 27.2 Å². The molecule has 6 nitrogen and oxygen atoms in total. The second-order valence-corrected chi connectivity index (χ2v) is 6.91. The molecule has 0 aromatic heterocycles. The van der Waals surface area contributed by atoms with Gasteiger partial charge in [0.2, 0.25) is 11.8 Å². The highest BCUT2D eigenvalue weighted by Crippen LogP contribution is 2.24. The van der Waals surface area contributed by atoms with Crippen LogP contribution in [0.15, 0.2) is 66.8 Å². The van der Waals surface area contributed by atoms with Gasteiger partial charge in [0.15, 0.2) is 5.11 Å². The SMILES string of the molecule is C=CCC(/C=C\C(C)C(=O)Nc1cccc(NC(=S)NC(=O)/C=C/CO)c1C)=C/C. The molecule has 2 amide bonds. The van der Waals surface area contributed by atoms with Gasteiger partial charge in [-0.05, 0) is 55.8 Å². The summed E-state index contributed by atoms with van der Waals surface area (Å²) in [6, 6.07) is 5.38. The van der Waals surface area contributed by atoms with Gasteiger partial charge in [0, 0.05) is 17.5 Å². The van der Waals surface area contributed by atoms with Crippen LogP contribution in [0, 0.1) is 12.8 Å². The predicted octanol–water partition coefficient (Wildman–Crippen LogP) is 4.01. The maximum absolute atomic E-state index is 12.6. The van der Waals surface area contributed by atoms with Crippen LogP contribution in [0.1, 0.15) is 25.8 Å². The Labute approximate surface area is 183 Å². The van der Waals surface area contributed by atoms with Gasteiger partial charge >= 0.3 is 0 Å². The maximum Gasteiger partial charge on any atom is 0.249 e. The molecular weight excluding hydrogens is 398 g/mol. The highest BCUT2D eigenvalue weighted by Gasteiger charge is 2.13. The van der Waals surface area contributed by atoms with E-state index in [4.69, 9.17) is 17.3 Å². The van der Waals surface area contributed by atoms with Crippen molar-refractivity contribution in [3.63, 3.8) is 0 Å². The van der Waals surface area contributed by atoms with E-state index < -0.39 is 5.91 Å². The minimum atomic E-state index is -0.443. The Hall–Kier alpha value is -3.03. The van der Waals surface area contributed by atoms with Crippen molar-refractivity contribution in [2.24, 2.45) is 5.92 Å². The first-order valence-electron chi connectivity index (χ1n) is 9.56. The van der Waals surface area contributed by atoms with Crippen LogP contribution in [-0.4, -0.2) is 28.6 Å². The molecule has 7 heteroatoms. The van der Waals surface area contributed by atoms with Crippen LogP contribution in [0.5, 0.6) is 0 Å². The topological polar surface area (TPSA) is 90.5 Å². The molecular formula is C23H29N3O3S. The van der Waals surface area contributed by atoms with Gasteiger partial charge in [-0.25, -0.2) is 0 Å². The van der Waals surface area contributed by atoms with E-state index in [-0.39, 0.29) is 23.5 Å². The Balaban J connectivity index is 2.80. The summed E-state index contributed by atoms with van der Waals surface area (Å²) in [5.41, 5.74) is 3.19. The van der Waals surface area contributed by atoms with E-state index in [1.165, 1.54) is 12.2 Å². The minimum Gasteiger partial charge on any atom is -0.392 e. The van der Waals surface area contributed by atoms with Crippen molar-refractivity contribution in [3.8, 4) is 0 Å². The number of aliphatic hydroxyl groups excluding tert-OH is 1. The molecule has 0 saturated heterocycles. The normalized spacial score (nSPS) is 12.6. The smallest absolute Gasteiger partial charge is 0.249 e. The van der Waals surface area contributed by atoms with E-state index >= 15 is 0 Å². The lowest BCUT2D eigenvalue weighted by Crippen LogP contribution is -2.33. The van der Waals surface area contributed by atoms with Crippen molar-refractivity contribution >= 4 is 40.5 Å². The van der Waals surface area contributed by atoms with Crippen LogP contribution in [-0.2, 0) is 9.59 Å². The third-order valence-corrected chi connectivity index (χ3v) is 4.42. The number of thiocarbonyl (C=S) groups is 1. The Morgan fingerprint density at radius 3 is 2.50 bits per heavy atom. The quantitative estimate of drug-likeness (QED) is 0.207. The summed E-state index contributed by atoms with van der Waals surface area (Å²) in [4.78, 5) is 24.2. The van der Waals surface area contributed by atoms with Crippen molar-refractivity contribution in [2.75, 3.05) is 17.2 Å². The number of nitrogens with one attached hydrogen (secondary N) is 3. The average Bonchev–Trinajstić information content (AvgIpc) is 2.72. The second kappa shape index (κ2) is 13.2. The van der Waals surface area contributed by atoms with Crippen molar-refractivity contribution in [3.05, 3.63) is 72.4 Å². The molecule has 30 heavy (non-hydrogen) atoms. The van der Waals surface area contributed by atoms with E-state index in [1.54, 1.807) is 18.2 Å². The molecule has 160 valence electrons. The average molecular weight is 428 g/mol. The molecule has 0 spiro atoms. The number of hydrogen-bond acceptors (Lipinski definition) is 4. The zero-order chi connectivity index (χ0) is 22.5. The van der Waals surface area contributed by atoms with Crippen LogP contribution in [0.2, 0.25) is 0 Å². The zero-order valence-electron chi connectivity index (χ0n) is 17.6. The van der Waals surface area contributed by atoms with Crippen LogP contribution >= 0.6 is 12.2 Å². The molecule has 0 radical (unpaired) electrons. The van der Waals surface area contributed by atoms with Crippen LogP contribution < -0.4 is 16.0 Å². The van der Waals surface area contributed by atoms with Crippen molar-refractivity contribution in [1.82, 2.24) is 5.32 Å². The van der Waals surface area contributed by atoms with E-state index in [0.29, 0.717) is 11.4 Å². The molecule has 1 aromatic rings. The first kappa shape index (κ1) is 25.0. The van der Waals surface area contributed by atoms with Gasteiger partial charge in [-0.15, -0.1) is 6.58 Å². The summed E-state index contributed by atoms with van der Waals surface area (Å²) in [5, 5.41) is 17.2. The highest BCUT2D eigenvalue weighted by molar-refractivity contribution is 7.80. The summed E-state index contributed by atoms with van der Waals surface area (Å²) in [6.45, 7) is 9.12. The van der Waals surface area contributed by atoms with Crippen molar-refractivity contribution < 1.29 is 14.7 Å². The molecule has 1 rings (SSSR count). The largest absolute Gasteiger partial charge is 0.392 e. The van der Waals surface area contributed by atoms with Gasteiger partial charge in [-0.2, -0.15) is 0 Å². The molecule has 4 N–H and O–H groups in total. The molecule has 0 fully saturated rings. The first-order valence-corrected chi connectivity index (χ1v) is 9.97. The lowest BCUT2D eigenvalue weighted by molar-refractivity contribution is -0.118. The zero-order valence-corrected chi connectivity index (χ0v) is 18.4. The van der Waals surface area contributed by atoms with Gasteiger partial charge in [0.25, 0.3) is 0 Å². The second-order valence-electron chi connectivity index (χ2n) is 6.50. The summed E-state index contributed by atoms with van der Waals surface area (Å²) in [7, 11) is 0. The number of benzene rings is 1. The lowest BCUT2D eigenvalue weighted by Gasteiger charge is -2.16. The molecule has 0 heterocycles. The van der Waals surface area contributed by atoms with Crippen molar-refractivity contribution in [1.29, 1.82) is 0 Å². The molecule has 0 saturated carbocycles. The fourth-order valence-electron chi connectivity index (χ4n) is 2.42. The Bertz CT molecular complexity index is 872. The first-order chi connectivity index (χ1) is 14.3. The fraction of sp³-hybridized carbons (Fsp3) is 0.261. The Morgan fingerprint density at radius 1 is 1.23 bits per heavy atom. The number of carbonyl (C=O) groups excluding carboxylic acids is 2. The summed E-state index contributed by atoms with van der Waals surface area (Å²) < 4.78 is 0. The number of rotatable bonds is 9. The van der Waals surface area contributed by atoms with Crippen LogP contribution in [0.3, 0.4) is 0 Å². The number of carbonyl (C=O) groups is 2. The Morgan fingerprint density at radius 2 is 1.90 bits per heavy atom. The minimum absolute atomic E-state index is 0.117. The standard InChI is InChI=1S/C23H29N3O3S/c1-5-9-18(6-2)14-13-16(3)22(29)24-19-10-7-11-20(17(19)4)25-23(30)26-21(28)12-8-15-27/h5-8,10-14,16,27H,1,9,15H2,2-4H3,(H,24,29)(H2,25,26,28,30)/b12-8+,14-13-,18-6-. The molecule has 1 unspecified atom stereocenters. The predicted molar refractivity (Wildman–Crippen MR) is 127 cm³/mol. The number of aliphatic hydroxyl groups is 1. The lowest BCUT2D eigenvalue weighted by atomic mass is 10.1. The van der Waals surface area contributed by atoms with E-state index in [0.717, 1.165) is 17.6 Å². The van der Waals surface area contributed by atoms with Gasteiger partial charge in [-0.3, -0.25) is 14.9 Å². The molecule has 1 atom stereocenters. The summed E-state index contributed by atoms with van der Waals surface area (Å²) >= 11 is 5.14. The molecule has 0 aliphatic carbocycles. The van der Waals surface area contributed by atoms with Gasteiger partial charge in [0.1, 0.15) is 0 Å². The molecule has 0 aliphatic rings. The monoisotopic (exact) mass is 427 g/mol. The third-order valence-electron chi connectivity index (χ3n) is 4.21. The summed E-state index contributed by atoms with van der Waals surface area (Å²) in [6.07, 6.45) is 10.9. The van der Waals surface area contributed by atoms with Crippen LogP contribution in [0.25, 0.3) is 0 Å². The summed E-state index contributed by atoms with van der Waals surface area (Å²) in [5.74, 6) is -0.897. The highest BCUT2D eigenvalue weighted by atomic mass is 32.1. The van der Waals surface area contributed by atoms with E-state index in [1.807, 2.05) is 45.1 Å². The number of anilines is 2. The number of allylic oxidation sites excluding steroid dienone is 4. The number of hydrogen-bond donors (Lipinski definition) is 4. The van der Waals surface area contributed by atoms with E-state index in [2.05, 4.69) is 22.5 Å². The van der Waals surface area contributed by atoms with E-state index in [9.17, 15) is 9.59 Å². The molecule has 1 aromatic carbocycles. The number of amides is 2. The Kier molecular flexibility index (Phi) is 11.0. The molecule has 0 aliphatic heterocycles. The fourth-order valence-corrected chi connectivity index (χ4v) is 2.63. The van der Waals surface area contributed by atoms with Gasteiger partial charge < -0.3 is 15.7 Å². The molecule has 0 bridgehead atoms.